The van der Waals surface area contributed by atoms with Gasteiger partial charge in [0.25, 0.3) is 0 Å². The van der Waals surface area contributed by atoms with Gasteiger partial charge in [0.15, 0.2) is 5.78 Å². The number of carbonyl (C=O) groups excluding carboxylic acids is 2. The average molecular weight is 388 g/mol. The van der Waals surface area contributed by atoms with E-state index in [-0.39, 0.29) is 5.78 Å². The fourth-order valence-electron chi connectivity index (χ4n) is 2.70. The normalized spacial score (nSPS) is 10.6. The molecule has 0 fully saturated rings. The summed E-state index contributed by atoms with van der Waals surface area (Å²) < 4.78 is 15.9. The largest absolute Gasteiger partial charge is 0.497 e. The van der Waals surface area contributed by atoms with Crippen molar-refractivity contribution in [1.82, 2.24) is 0 Å². The van der Waals surface area contributed by atoms with Gasteiger partial charge in [-0.05, 0) is 54.6 Å². The first-order valence-corrected chi connectivity index (χ1v) is 8.93. The van der Waals surface area contributed by atoms with Gasteiger partial charge in [0.05, 0.1) is 14.2 Å². The molecule has 0 N–H and O–H groups in total. The van der Waals surface area contributed by atoms with Crippen molar-refractivity contribution >= 4 is 17.8 Å². The van der Waals surface area contributed by atoms with Gasteiger partial charge in [0, 0.05) is 11.1 Å². The van der Waals surface area contributed by atoms with E-state index in [1.54, 1.807) is 86.0 Å². The van der Waals surface area contributed by atoms with Crippen molar-refractivity contribution in [2.45, 2.75) is 0 Å². The van der Waals surface area contributed by atoms with Crippen LogP contribution in [0.5, 0.6) is 17.2 Å². The number of esters is 1. The summed E-state index contributed by atoms with van der Waals surface area (Å²) in [5.41, 5.74) is 1.46. The van der Waals surface area contributed by atoms with Crippen LogP contribution in [-0.4, -0.2) is 26.0 Å². The number of benzene rings is 3. The molecule has 0 saturated heterocycles. The molecule has 3 rings (SSSR count). The predicted octanol–water partition coefficient (Wildman–Crippen LogP) is 4.82. The van der Waals surface area contributed by atoms with Crippen molar-refractivity contribution in [3.8, 4) is 17.2 Å². The summed E-state index contributed by atoms with van der Waals surface area (Å²) >= 11 is 0. The van der Waals surface area contributed by atoms with Crippen molar-refractivity contribution in [2.75, 3.05) is 14.2 Å². The van der Waals surface area contributed by atoms with Crippen molar-refractivity contribution in [2.24, 2.45) is 0 Å². The van der Waals surface area contributed by atoms with Gasteiger partial charge in [-0.3, -0.25) is 4.79 Å². The first kappa shape index (κ1) is 19.9. The second-order valence-electron chi connectivity index (χ2n) is 6.05. The number of hydrogen-bond donors (Lipinski definition) is 0. The van der Waals surface area contributed by atoms with E-state index in [4.69, 9.17) is 14.2 Å². The Morgan fingerprint density at radius 1 is 0.759 bits per heavy atom. The smallest absolute Gasteiger partial charge is 0.347 e. The fraction of sp³-hybridized carbons (Fsp3) is 0.0833. The molecule has 0 amide bonds. The highest BCUT2D eigenvalue weighted by molar-refractivity contribution is 6.07. The summed E-state index contributed by atoms with van der Waals surface area (Å²) in [7, 11) is 3.06. The highest BCUT2D eigenvalue weighted by Gasteiger charge is 2.15. The minimum atomic E-state index is -0.537. The molecule has 146 valence electrons. The summed E-state index contributed by atoms with van der Waals surface area (Å²) in [6, 6.07) is 20.7. The predicted molar refractivity (Wildman–Crippen MR) is 111 cm³/mol. The Balaban J connectivity index is 1.78. The monoisotopic (exact) mass is 388 g/mol. The lowest BCUT2D eigenvalue weighted by molar-refractivity contribution is 0.0730. The van der Waals surface area contributed by atoms with Crippen molar-refractivity contribution in [1.29, 1.82) is 0 Å². The van der Waals surface area contributed by atoms with Crippen molar-refractivity contribution in [3.63, 3.8) is 0 Å². The van der Waals surface area contributed by atoms with Crippen LogP contribution in [0.3, 0.4) is 0 Å². The maximum absolute atomic E-state index is 12.6. The Morgan fingerprint density at radius 3 is 2.10 bits per heavy atom. The number of ether oxygens (including phenoxy) is 3. The van der Waals surface area contributed by atoms with E-state index in [9.17, 15) is 9.59 Å². The third-order valence-corrected chi connectivity index (χ3v) is 4.24. The lowest BCUT2D eigenvalue weighted by Crippen LogP contribution is -2.10. The molecule has 3 aromatic rings. The molecule has 0 saturated carbocycles. The van der Waals surface area contributed by atoms with Crippen LogP contribution in [0.1, 0.15) is 26.3 Å². The van der Waals surface area contributed by atoms with Gasteiger partial charge in [-0.25, -0.2) is 4.79 Å². The minimum Gasteiger partial charge on any atom is -0.497 e. The highest BCUT2D eigenvalue weighted by Crippen LogP contribution is 2.24. The van der Waals surface area contributed by atoms with Crippen LogP contribution in [-0.2, 0) is 0 Å². The van der Waals surface area contributed by atoms with Crippen LogP contribution in [0.4, 0.5) is 0 Å². The number of methoxy groups -OCH3 is 2. The summed E-state index contributed by atoms with van der Waals surface area (Å²) in [6.07, 6.45) is 3.06. The number of para-hydroxylation sites is 2. The van der Waals surface area contributed by atoms with Crippen LogP contribution in [0.15, 0.2) is 78.9 Å². The van der Waals surface area contributed by atoms with E-state index in [2.05, 4.69) is 0 Å². The summed E-state index contributed by atoms with van der Waals surface area (Å²) in [5, 5.41) is 0. The number of hydrogen-bond acceptors (Lipinski definition) is 5. The zero-order valence-electron chi connectivity index (χ0n) is 16.1. The molecule has 0 aromatic heterocycles. The molecule has 0 radical (unpaired) electrons. The Hall–Kier alpha value is -3.86. The molecule has 0 atom stereocenters. The Kier molecular flexibility index (Phi) is 6.43. The van der Waals surface area contributed by atoms with E-state index in [1.807, 2.05) is 0 Å². The van der Waals surface area contributed by atoms with E-state index in [0.717, 1.165) is 0 Å². The van der Waals surface area contributed by atoms with Gasteiger partial charge >= 0.3 is 5.97 Å². The maximum atomic E-state index is 12.6. The van der Waals surface area contributed by atoms with E-state index in [1.165, 1.54) is 13.2 Å². The Bertz CT molecular complexity index is 1040. The molecular formula is C24H20O5. The van der Waals surface area contributed by atoms with Crippen molar-refractivity contribution < 1.29 is 23.8 Å². The molecular weight excluding hydrogens is 368 g/mol. The standard InChI is InChI=1S/C24H20O5/c1-27-19-14-11-17(12-15-19)21(25)16-13-18-7-3-5-9-22(18)29-24(26)20-8-4-6-10-23(20)28-2/h3-16H,1-2H3. The number of allylic oxidation sites excluding steroid dienone is 1. The maximum Gasteiger partial charge on any atom is 0.347 e. The van der Waals surface area contributed by atoms with Gasteiger partial charge in [-0.2, -0.15) is 0 Å². The molecule has 5 nitrogen and oxygen atoms in total. The third kappa shape index (κ3) is 4.90. The van der Waals surface area contributed by atoms with Gasteiger partial charge in [-0.1, -0.05) is 30.3 Å². The molecule has 0 aliphatic heterocycles. The fourth-order valence-corrected chi connectivity index (χ4v) is 2.70. The number of rotatable bonds is 7. The summed E-state index contributed by atoms with van der Waals surface area (Å²) in [5.74, 6) is 0.754. The molecule has 3 aromatic carbocycles. The molecule has 0 bridgehead atoms. The average Bonchev–Trinajstić information content (AvgIpc) is 2.78. The van der Waals surface area contributed by atoms with Gasteiger partial charge in [-0.15, -0.1) is 0 Å². The van der Waals surface area contributed by atoms with Crippen LogP contribution in [0.25, 0.3) is 6.08 Å². The SMILES string of the molecule is COc1ccc(C(=O)C=Cc2ccccc2OC(=O)c2ccccc2OC)cc1. The molecule has 0 spiro atoms. The third-order valence-electron chi connectivity index (χ3n) is 4.24. The summed E-state index contributed by atoms with van der Waals surface area (Å²) in [4.78, 5) is 25.0. The second-order valence-corrected chi connectivity index (χ2v) is 6.05. The molecule has 0 aliphatic carbocycles. The quantitative estimate of drug-likeness (QED) is 0.251. The van der Waals surface area contributed by atoms with Crippen LogP contribution in [0.2, 0.25) is 0 Å². The minimum absolute atomic E-state index is 0.168. The Labute approximate surface area is 169 Å². The number of ketones is 1. The van der Waals surface area contributed by atoms with Gasteiger partial charge in [0.1, 0.15) is 22.8 Å². The first-order valence-electron chi connectivity index (χ1n) is 8.93. The lowest BCUT2D eigenvalue weighted by Gasteiger charge is -2.10. The molecule has 0 heterocycles. The van der Waals surface area contributed by atoms with Gasteiger partial charge in [0.2, 0.25) is 0 Å². The van der Waals surface area contributed by atoms with E-state index < -0.39 is 5.97 Å². The Morgan fingerprint density at radius 2 is 1.41 bits per heavy atom. The topological polar surface area (TPSA) is 61.8 Å². The van der Waals surface area contributed by atoms with Crippen LogP contribution >= 0.6 is 0 Å². The zero-order valence-corrected chi connectivity index (χ0v) is 16.1. The number of carbonyl (C=O) groups is 2. The van der Waals surface area contributed by atoms with Crippen LogP contribution in [0, 0.1) is 0 Å². The van der Waals surface area contributed by atoms with E-state index >= 15 is 0 Å². The van der Waals surface area contributed by atoms with Crippen LogP contribution < -0.4 is 14.2 Å². The molecule has 0 aliphatic rings. The highest BCUT2D eigenvalue weighted by atomic mass is 16.5. The first-order chi connectivity index (χ1) is 14.1. The molecule has 29 heavy (non-hydrogen) atoms. The lowest BCUT2D eigenvalue weighted by atomic mass is 10.1. The van der Waals surface area contributed by atoms with Crippen molar-refractivity contribution in [3.05, 3.63) is 95.6 Å². The zero-order chi connectivity index (χ0) is 20.6. The molecule has 0 unspecified atom stereocenters. The van der Waals surface area contributed by atoms with Gasteiger partial charge < -0.3 is 14.2 Å². The molecule has 5 heteroatoms. The summed E-state index contributed by atoms with van der Waals surface area (Å²) in [6.45, 7) is 0. The van der Waals surface area contributed by atoms with E-state index in [0.29, 0.717) is 33.9 Å². The second kappa shape index (κ2) is 9.37.